The molecule has 0 N–H and O–H groups in total. The lowest BCUT2D eigenvalue weighted by molar-refractivity contribution is -0.630. The summed E-state index contributed by atoms with van der Waals surface area (Å²) in [6.07, 6.45) is 9.60. The zero-order valence-corrected chi connectivity index (χ0v) is 18.1. The second-order valence-electron chi connectivity index (χ2n) is 9.79. The molecule has 4 aliphatic rings. The summed E-state index contributed by atoms with van der Waals surface area (Å²) in [7, 11) is 0. The number of hydrogen-bond acceptors (Lipinski definition) is 5. The van der Waals surface area contributed by atoms with Crippen LogP contribution in [0.4, 0.5) is 8.78 Å². The average molecular weight is 440 g/mol. The fourth-order valence-corrected chi connectivity index (χ4v) is 6.96. The average Bonchev–Trinajstić information content (AvgIpc) is 2.70. The van der Waals surface area contributed by atoms with Crippen molar-refractivity contribution in [3.8, 4) is 0 Å². The summed E-state index contributed by atoms with van der Waals surface area (Å²) in [5.74, 6) is -0.595. The van der Waals surface area contributed by atoms with Crippen molar-refractivity contribution < 1.29 is 27.9 Å². The molecule has 5 rings (SSSR count). The van der Waals surface area contributed by atoms with Crippen molar-refractivity contribution in [1.82, 2.24) is 0 Å². The molecule has 0 heterocycles. The highest BCUT2D eigenvalue weighted by atomic mass is 32.2. The predicted octanol–water partition coefficient (Wildman–Crippen LogP) is 4.94. The Kier molecular flexibility index (Phi) is 6.17. The molecule has 4 nitrogen and oxygen atoms in total. The molecule has 0 radical (unpaired) electrons. The third-order valence-electron chi connectivity index (χ3n) is 7.45. The Morgan fingerprint density at radius 3 is 2.47 bits per heavy atom. The molecule has 30 heavy (non-hydrogen) atoms. The number of esters is 1. The van der Waals surface area contributed by atoms with E-state index < -0.39 is 23.3 Å². The minimum atomic E-state index is -3.98. The number of benzene rings is 1. The van der Waals surface area contributed by atoms with E-state index in [2.05, 4.69) is 35.5 Å². The number of carbonyl (C=O) groups is 1. The molecule has 4 fully saturated rings. The van der Waals surface area contributed by atoms with Crippen LogP contribution >= 0.6 is 12.0 Å². The van der Waals surface area contributed by atoms with Crippen molar-refractivity contribution in [2.45, 2.75) is 75.4 Å². The van der Waals surface area contributed by atoms with Gasteiger partial charge in [-0.2, -0.15) is 8.78 Å². The first kappa shape index (κ1) is 22.0. The third-order valence-corrected chi connectivity index (χ3v) is 7.90. The Bertz CT molecular complexity index is 753. The van der Waals surface area contributed by atoms with Gasteiger partial charge in [-0.05, 0) is 79.7 Å². The molecule has 4 bridgehead atoms. The Morgan fingerprint density at radius 2 is 1.87 bits per heavy atom. The first-order valence-electron chi connectivity index (χ1n) is 10.9. The van der Waals surface area contributed by atoms with Gasteiger partial charge in [0.05, 0.1) is 18.6 Å². The zero-order chi connectivity index (χ0) is 21.4. The van der Waals surface area contributed by atoms with Crippen LogP contribution in [-0.4, -0.2) is 17.8 Å². The van der Waals surface area contributed by atoms with E-state index in [0.29, 0.717) is 11.8 Å². The Morgan fingerprint density at radius 1 is 1.20 bits per heavy atom. The van der Waals surface area contributed by atoms with E-state index in [9.17, 15) is 18.8 Å². The highest BCUT2D eigenvalue weighted by molar-refractivity contribution is 7.96. The molecule has 0 aromatic heterocycles. The molecule has 4 saturated carbocycles. The van der Waals surface area contributed by atoms with Gasteiger partial charge in [0.1, 0.15) is 0 Å². The van der Waals surface area contributed by atoms with Gasteiger partial charge in [0.25, 0.3) is 0 Å². The molecule has 0 amide bonds. The minimum absolute atomic E-state index is 0.00975. The maximum Gasteiger partial charge on any atom is 0.412 e. The lowest BCUT2D eigenvalue weighted by atomic mass is 9.43. The van der Waals surface area contributed by atoms with Gasteiger partial charge in [0, 0.05) is 5.41 Å². The number of aryl methyl sites for hydroxylation is 1. The summed E-state index contributed by atoms with van der Waals surface area (Å²) < 4.78 is 35.4. The highest BCUT2D eigenvalue weighted by Crippen LogP contribution is 2.65. The van der Waals surface area contributed by atoms with Gasteiger partial charge in [-0.1, -0.05) is 37.6 Å². The molecule has 0 saturated heterocycles. The summed E-state index contributed by atoms with van der Waals surface area (Å²) in [6, 6.07) is 8.98. The molecule has 166 valence electrons. The van der Waals surface area contributed by atoms with Crippen LogP contribution in [0.1, 0.15) is 69.4 Å². The monoisotopic (exact) mass is 439 g/mol. The van der Waals surface area contributed by atoms with Crippen LogP contribution in [0, 0.1) is 17.3 Å². The number of alkyl halides is 2. The van der Waals surface area contributed by atoms with E-state index in [1.807, 2.05) is 0 Å². The van der Waals surface area contributed by atoms with Crippen LogP contribution in [0.15, 0.2) is 24.3 Å². The highest BCUT2D eigenvalue weighted by Gasteiger charge is 2.59. The van der Waals surface area contributed by atoms with Gasteiger partial charge in [-0.3, -0.25) is 0 Å². The quantitative estimate of drug-likeness (QED) is 0.236. The first-order chi connectivity index (χ1) is 14.3. The number of ether oxygens (including phenoxy) is 1. The Labute approximate surface area is 180 Å². The molecule has 0 aliphatic heterocycles. The van der Waals surface area contributed by atoms with Crippen LogP contribution in [0.25, 0.3) is 0 Å². The fraction of sp³-hybridized carbons (Fsp3) is 0.696. The second kappa shape index (κ2) is 8.40. The van der Waals surface area contributed by atoms with Gasteiger partial charge in [0.15, 0.2) is 0 Å². The molecule has 1 aromatic carbocycles. The maximum atomic E-state index is 13.6. The van der Waals surface area contributed by atoms with Gasteiger partial charge >= 0.3 is 11.2 Å². The summed E-state index contributed by atoms with van der Waals surface area (Å²) in [4.78, 5) is 11.8. The van der Waals surface area contributed by atoms with Crippen molar-refractivity contribution in [2.75, 3.05) is 6.61 Å². The van der Waals surface area contributed by atoms with E-state index in [1.54, 1.807) is 0 Å². The fourth-order valence-electron chi connectivity index (χ4n) is 6.74. The SMILES string of the molecule is CCCCc1ccc(C23CC4CC(CC(COC(=O)C(F)(F)SO[O-])(C4)C2)C3)cc1. The number of unbranched alkanes of at least 4 members (excludes halogenated alkanes) is 1. The summed E-state index contributed by atoms with van der Waals surface area (Å²) in [5.41, 5.74) is 2.50. The van der Waals surface area contributed by atoms with Crippen LogP contribution in [0.3, 0.4) is 0 Å². The van der Waals surface area contributed by atoms with Crippen molar-refractivity contribution in [3.63, 3.8) is 0 Å². The van der Waals surface area contributed by atoms with Crippen LogP contribution in [0.2, 0.25) is 0 Å². The minimum Gasteiger partial charge on any atom is -0.710 e. The molecular formula is C23H29F2O4S-. The van der Waals surface area contributed by atoms with Gasteiger partial charge in [-0.15, -0.1) is 0 Å². The predicted molar refractivity (Wildman–Crippen MR) is 108 cm³/mol. The number of carbonyl (C=O) groups excluding carboxylic acids is 1. The molecule has 7 heteroatoms. The smallest absolute Gasteiger partial charge is 0.412 e. The van der Waals surface area contributed by atoms with Crippen LogP contribution in [0.5, 0.6) is 0 Å². The maximum absolute atomic E-state index is 13.6. The van der Waals surface area contributed by atoms with Gasteiger partial charge in [0.2, 0.25) is 0 Å². The van der Waals surface area contributed by atoms with E-state index in [1.165, 1.54) is 30.4 Å². The molecule has 2 atom stereocenters. The molecule has 2 unspecified atom stereocenters. The summed E-state index contributed by atoms with van der Waals surface area (Å²) >= 11 is -0.702. The van der Waals surface area contributed by atoms with Crippen LogP contribution < -0.4 is 5.26 Å². The van der Waals surface area contributed by atoms with E-state index in [4.69, 9.17) is 4.74 Å². The normalized spacial score (nSPS) is 32.4. The third kappa shape index (κ3) is 4.26. The van der Waals surface area contributed by atoms with Crippen LogP contribution in [-0.2, 0) is 25.7 Å². The van der Waals surface area contributed by atoms with Gasteiger partial charge < -0.3 is 14.3 Å². The van der Waals surface area contributed by atoms with Crippen molar-refractivity contribution in [1.29, 1.82) is 0 Å². The van der Waals surface area contributed by atoms with E-state index >= 15 is 0 Å². The lowest BCUT2D eigenvalue weighted by Crippen LogP contribution is -2.55. The zero-order valence-electron chi connectivity index (χ0n) is 17.3. The second-order valence-corrected chi connectivity index (χ2v) is 10.6. The topological polar surface area (TPSA) is 58.6 Å². The Balaban J connectivity index is 1.50. The largest absolute Gasteiger partial charge is 0.710 e. The number of hydrogen-bond donors (Lipinski definition) is 0. The molecular weight excluding hydrogens is 410 g/mol. The van der Waals surface area contributed by atoms with Gasteiger partial charge in [-0.25, -0.2) is 4.79 Å². The van der Waals surface area contributed by atoms with E-state index in [0.717, 1.165) is 38.5 Å². The number of rotatable bonds is 9. The molecule has 0 spiro atoms. The van der Waals surface area contributed by atoms with Crippen molar-refractivity contribution >= 4 is 18.0 Å². The van der Waals surface area contributed by atoms with Crippen molar-refractivity contribution in [3.05, 3.63) is 35.4 Å². The lowest BCUT2D eigenvalue weighted by Gasteiger charge is -2.62. The molecule has 1 aromatic rings. The van der Waals surface area contributed by atoms with E-state index in [-0.39, 0.29) is 17.4 Å². The Hall–Kier alpha value is -1.18. The van der Waals surface area contributed by atoms with Crippen molar-refractivity contribution in [2.24, 2.45) is 17.3 Å². The first-order valence-corrected chi connectivity index (χ1v) is 11.7. The summed E-state index contributed by atoms with van der Waals surface area (Å²) in [6.45, 7) is 2.18. The number of halogens is 2. The summed E-state index contributed by atoms with van der Waals surface area (Å²) in [5, 5.41) is 6.06. The standard InChI is InChI=1S/C23H30F2O4S/c1-2-3-4-16-5-7-19(8-6-16)22-12-17-9-18(13-22)11-21(10-17,14-22)15-28-20(26)23(24,25)30-29-27/h5-8,17-18,27H,2-4,9-15H2,1H3/p-1. The molecule has 4 aliphatic carbocycles.